The van der Waals surface area contributed by atoms with Gasteiger partial charge in [0, 0.05) is 42.8 Å². The van der Waals surface area contributed by atoms with Crippen molar-refractivity contribution in [3.05, 3.63) is 69.7 Å². The third-order valence-corrected chi connectivity index (χ3v) is 5.05. The highest BCUT2D eigenvalue weighted by Crippen LogP contribution is 2.19. The number of halogens is 1. The zero-order valence-electron chi connectivity index (χ0n) is 13.3. The Balaban J connectivity index is 1.58. The molecule has 4 heteroatoms. The Morgan fingerprint density at radius 3 is 2.48 bits per heavy atom. The van der Waals surface area contributed by atoms with E-state index in [1.54, 1.807) is 0 Å². The molecule has 0 unspecified atom stereocenters. The number of piperazine rings is 1. The molecule has 1 saturated heterocycles. The van der Waals surface area contributed by atoms with Gasteiger partial charge < -0.3 is 4.90 Å². The molecule has 0 saturated carbocycles. The van der Waals surface area contributed by atoms with Gasteiger partial charge in [-0.1, -0.05) is 51.8 Å². The third kappa shape index (κ3) is 4.01. The highest BCUT2D eigenvalue weighted by molar-refractivity contribution is 9.10. The number of amides is 1. The van der Waals surface area contributed by atoms with Crippen LogP contribution < -0.4 is 0 Å². The minimum atomic E-state index is 0.147. The summed E-state index contributed by atoms with van der Waals surface area (Å²) < 4.78 is 1.15. The van der Waals surface area contributed by atoms with E-state index >= 15 is 0 Å². The van der Waals surface area contributed by atoms with E-state index in [0.29, 0.717) is 0 Å². The molecule has 1 aliphatic rings. The van der Waals surface area contributed by atoms with E-state index in [9.17, 15) is 4.79 Å². The SMILES string of the molecule is Cc1cccc(C(=O)N2CCN(Cc3ccccc3Br)CC2)c1. The lowest BCUT2D eigenvalue weighted by atomic mass is 10.1. The molecule has 0 atom stereocenters. The summed E-state index contributed by atoms with van der Waals surface area (Å²) in [5.74, 6) is 0.147. The average molecular weight is 373 g/mol. The Bertz CT molecular complexity index is 693. The standard InChI is InChI=1S/C19H21BrN2O/c1-15-5-4-7-16(13-15)19(23)22-11-9-21(10-12-22)14-17-6-2-3-8-18(17)20/h2-8,13H,9-12,14H2,1H3. The first-order valence-electron chi connectivity index (χ1n) is 7.95. The van der Waals surface area contributed by atoms with Gasteiger partial charge in [0.25, 0.3) is 5.91 Å². The van der Waals surface area contributed by atoms with Crippen molar-refractivity contribution in [3.8, 4) is 0 Å². The predicted molar refractivity (Wildman–Crippen MR) is 96.5 cm³/mol. The van der Waals surface area contributed by atoms with Crippen LogP contribution in [0.1, 0.15) is 21.5 Å². The number of aryl methyl sites for hydroxylation is 1. The van der Waals surface area contributed by atoms with Gasteiger partial charge >= 0.3 is 0 Å². The van der Waals surface area contributed by atoms with Crippen LogP contribution in [-0.2, 0) is 6.54 Å². The van der Waals surface area contributed by atoms with Gasteiger partial charge in [-0.25, -0.2) is 0 Å². The first-order chi connectivity index (χ1) is 11.1. The summed E-state index contributed by atoms with van der Waals surface area (Å²) >= 11 is 3.60. The smallest absolute Gasteiger partial charge is 0.253 e. The molecule has 23 heavy (non-hydrogen) atoms. The van der Waals surface area contributed by atoms with Gasteiger partial charge in [-0.2, -0.15) is 0 Å². The molecule has 3 nitrogen and oxygen atoms in total. The Hall–Kier alpha value is -1.65. The number of hydrogen-bond acceptors (Lipinski definition) is 2. The van der Waals surface area contributed by atoms with Gasteiger partial charge in [0.15, 0.2) is 0 Å². The van der Waals surface area contributed by atoms with E-state index < -0.39 is 0 Å². The van der Waals surface area contributed by atoms with Crippen molar-refractivity contribution >= 4 is 21.8 Å². The Labute approximate surface area is 146 Å². The van der Waals surface area contributed by atoms with E-state index in [2.05, 4.69) is 39.0 Å². The lowest BCUT2D eigenvalue weighted by Gasteiger charge is -2.35. The third-order valence-electron chi connectivity index (χ3n) is 4.28. The van der Waals surface area contributed by atoms with Crippen LogP contribution >= 0.6 is 15.9 Å². The monoisotopic (exact) mass is 372 g/mol. The van der Waals surface area contributed by atoms with Crippen LogP contribution in [0.4, 0.5) is 0 Å². The van der Waals surface area contributed by atoms with Crippen LogP contribution in [0, 0.1) is 6.92 Å². The van der Waals surface area contributed by atoms with Crippen LogP contribution in [0.2, 0.25) is 0 Å². The van der Waals surface area contributed by atoms with E-state index in [0.717, 1.165) is 48.3 Å². The summed E-state index contributed by atoms with van der Waals surface area (Å²) in [6.07, 6.45) is 0. The average Bonchev–Trinajstić information content (AvgIpc) is 2.57. The minimum absolute atomic E-state index is 0.147. The maximum Gasteiger partial charge on any atom is 0.253 e. The number of hydrogen-bond donors (Lipinski definition) is 0. The van der Waals surface area contributed by atoms with Crippen molar-refractivity contribution in [2.45, 2.75) is 13.5 Å². The fourth-order valence-electron chi connectivity index (χ4n) is 2.94. The zero-order chi connectivity index (χ0) is 16.2. The molecule has 0 N–H and O–H groups in total. The largest absolute Gasteiger partial charge is 0.336 e. The molecule has 0 bridgehead atoms. The van der Waals surface area contributed by atoms with E-state index in [-0.39, 0.29) is 5.91 Å². The van der Waals surface area contributed by atoms with Gasteiger partial charge in [-0.3, -0.25) is 9.69 Å². The topological polar surface area (TPSA) is 23.6 Å². The predicted octanol–water partition coefficient (Wildman–Crippen LogP) is 3.72. The number of nitrogens with zero attached hydrogens (tertiary/aromatic N) is 2. The van der Waals surface area contributed by atoms with Crippen molar-refractivity contribution in [1.82, 2.24) is 9.80 Å². The number of rotatable bonds is 3. The minimum Gasteiger partial charge on any atom is -0.336 e. The zero-order valence-corrected chi connectivity index (χ0v) is 14.9. The fourth-order valence-corrected chi connectivity index (χ4v) is 3.35. The Morgan fingerprint density at radius 1 is 1.04 bits per heavy atom. The molecule has 0 radical (unpaired) electrons. The molecular weight excluding hydrogens is 352 g/mol. The Morgan fingerprint density at radius 2 is 1.78 bits per heavy atom. The molecule has 1 aliphatic heterocycles. The fraction of sp³-hybridized carbons (Fsp3) is 0.316. The van der Waals surface area contributed by atoms with E-state index in [4.69, 9.17) is 0 Å². The summed E-state index contributed by atoms with van der Waals surface area (Å²) in [6.45, 7) is 6.35. The Kier molecular flexibility index (Phi) is 5.13. The number of carbonyl (C=O) groups excluding carboxylic acids is 1. The molecule has 120 valence electrons. The molecule has 0 aliphatic carbocycles. The van der Waals surface area contributed by atoms with Crippen molar-refractivity contribution < 1.29 is 4.79 Å². The second kappa shape index (κ2) is 7.28. The highest BCUT2D eigenvalue weighted by Gasteiger charge is 2.22. The summed E-state index contributed by atoms with van der Waals surface area (Å²) in [6, 6.07) is 16.2. The first-order valence-corrected chi connectivity index (χ1v) is 8.74. The van der Waals surface area contributed by atoms with Crippen LogP contribution in [0.3, 0.4) is 0 Å². The molecule has 2 aromatic carbocycles. The van der Waals surface area contributed by atoms with E-state index in [1.807, 2.05) is 42.2 Å². The molecule has 1 amide bonds. The van der Waals surface area contributed by atoms with Crippen LogP contribution in [0.15, 0.2) is 53.0 Å². The normalized spacial score (nSPS) is 15.7. The maximum absolute atomic E-state index is 12.6. The first kappa shape index (κ1) is 16.2. The summed E-state index contributed by atoms with van der Waals surface area (Å²) in [5, 5.41) is 0. The van der Waals surface area contributed by atoms with Gasteiger partial charge in [0.2, 0.25) is 0 Å². The molecule has 2 aromatic rings. The molecule has 0 spiro atoms. The molecule has 1 fully saturated rings. The van der Waals surface area contributed by atoms with Gasteiger partial charge in [0.1, 0.15) is 0 Å². The van der Waals surface area contributed by atoms with Crippen molar-refractivity contribution in [3.63, 3.8) is 0 Å². The number of carbonyl (C=O) groups is 1. The summed E-state index contributed by atoms with van der Waals surface area (Å²) in [5.41, 5.74) is 3.22. The van der Waals surface area contributed by atoms with Crippen LogP contribution in [-0.4, -0.2) is 41.9 Å². The van der Waals surface area contributed by atoms with Gasteiger partial charge in [-0.15, -0.1) is 0 Å². The quantitative estimate of drug-likeness (QED) is 0.819. The molecule has 0 aromatic heterocycles. The van der Waals surface area contributed by atoms with Crippen molar-refractivity contribution in [1.29, 1.82) is 0 Å². The molecule has 1 heterocycles. The molecule has 3 rings (SSSR count). The van der Waals surface area contributed by atoms with Crippen molar-refractivity contribution in [2.24, 2.45) is 0 Å². The van der Waals surface area contributed by atoms with E-state index in [1.165, 1.54) is 5.56 Å². The van der Waals surface area contributed by atoms with Crippen LogP contribution in [0.5, 0.6) is 0 Å². The molecular formula is C19H21BrN2O. The second-order valence-electron chi connectivity index (χ2n) is 6.03. The maximum atomic E-state index is 12.6. The summed E-state index contributed by atoms with van der Waals surface area (Å²) in [7, 11) is 0. The highest BCUT2D eigenvalue weighted by atomic mass is 79.9. The second-order valence-corrected chi connectivity index (χ2v) is 6.88. The summed E-state index contributed by atoms with van der Waals surface area (Å²) in [4.78, 5) is 16.9. The lowest BCUT2D eigenvalue weighted by Crippen LogP contribution is -2.48. The van der Waals surface area contributed by atoms with Gasteiger partial charge in [-0.05, 0) is 30.7 Å². The lowest BCUT2D eigenvalue weighted by molar-refractivity contribution is 0.0628. The van der Waals surface area contributed by atoms with Gasteiger partial charge in [0.05, 0.1) is 0 Å². The number of benzene rings is 2. The van der Waals surface area contributed by atoms with Crippen LogP contribution in [0.25, 0.3) is 0 Å². The van der Waals surface area contributed by atoms with Crippen molar-refractivity contribution in [2.75, 3.05) is 26.2 Å².